The molecule has 0 saturated heterocycles. The maximum atomic E-state index is 13.1. The molecule has 0 radical (unpaired) electrons. The Morgan fingerprint density at radius 3 is 2.59 bits per heavy atom. The molecular formula is C25H28N4O8. The zero-order chi connectivity index (χ0) is 26.9. The number of guanidine groups is 1. The molecule has 1 aliphatic rings. The summed E-state index contributed by atoms with van der Waals surface area (Å²) in [6.45, 7) is 0.330. The number of carbonyl (C=O) groups is 4. The number of hydrogen-bond acceptors (Lipinski definition) is 7. The highest BCUT2D eigenvalue weighted by Crippen LogP contribution is 2.34. The van der Waals surface area contributed by atoms with Gasteiger partial charge < -0.3 is 36.5 Å². The van der Waals surface area contributed by atoms with E-state index in [4.69, 9.17) is 31.2 Å². The van der Waals surface area contributed by atoms with Crippen molar-refractivity contribution in [2.45, 2.75) is 44.6 Å². The van der Waals surface area contributed by atoms with Crippen LogP contribution in [0.15, 0.2) is 41.4 Å². The Labute approximate surface area is 212 Å². The van der Waals surface area contributed by atoms with E-state index in [0.717, 1.165) is 5.56 Å². The normalized spacial score (nSPS) is 13.9. The minimum atomic E-state index is -1.54. The summed E-state index contributed by atoms with van der Waals surface area (Å²) >= 11 is 0. The number of rotatable bonds is 8. The lowest BCUT2D eigenvalue weighted by Crippen LogP contribution is -2.42. The third-order valence-corrected chi connectivity index (χ3v) is 5.55. The van der Waals surface area contributed by atoms with Crippen LogP contribution in [0.25, 0.3) is 0 Å². The largest absolute Gasteiger partial charge is 0.489 e. The summed E-state index contributed by atoms with van der Waals surface area (Å²) in [5, 5.41) is 20.2. The molecule has 0 bridgehead atoms. The maximum Gasteiger partial charge on any atom is 0.343 e. The second-order valence-corrected chi connectivity index (χ2v) is 8.37. The molecule has 0 fully saturated rings. The molecule has 0 saturated carbocycles. The van der Waals surface area contributed by atoms with Gasteiger partial charge >= 0.3 is 17.9 Å². The minimum absolute atomic E-state index is 0.0944. The molecule has 2 aromatic carbocycles. The average molecular weight is 513 g/mol. The van der Waals surface area contributed by atoms with Crippen LogP contribution in [0.4, 0.5) is 5.69 Å². The van der Waals surface area contributed by atoms with Crippen LogP contribution in [-0.4, -0.2) is 52.6 Å². The molecule has 12 nitrogen and oxygen atoms in total. The van der Waals surface area contributed by atoms with Gasteiger partial charge in [0.25, 0.3) is 0 Å². The number of amides is 1. The number of nitrogens with one attached hydrogen (secondary N) is 1. The lowest BCUT2D eigenvalue weighted by molar-refractivity contribution is -0.147. The Kier molecular flexibility index (Phi) is 9.03. The highest BCUT2D eigenvalue weighted by molar-refractivity contribution is 5.94. The Bertz CT molecular complexity index is 1220. The van der Waals surface area contributed by atoms with Crippen LogP contribution in [0.3, 0.4) is 0 Å². The smallest absolute Gasteiger partial charge is 0.343 e. The number of aryl methyl sites for hydroxylation is 2. The molecule has 12 heteroatoms. The number of esters is 1. The van der Waals surface area contributed by atoms with Crippen molar-refractivity contribution in [2.75, 3.05) is 6.61 Å². The summed E-state index contributed by atoms with van der Waals surface area (Å²) in [6, 6.07) is 8.34. The SMILES string of the molecule is NC(N)=Nc1ccc2c(c1)CCCCOc1c(CCC(=O)NC(CC(=O)O)C(=O)O)cccc1OC2=O. The third kappa shape index (κ3) is 7.69. The fraction of sp³-hybridized carbons (Fsp3) is 0.320. The van der Waals surface area contributed by atoms with E-state index in [0.29, 0.717) is 48.4 Å². The van der Waals surface area contributed by atoms with Crippen LogP contribution in [0, 0.1) is 0 Å². The fourth-order valence-electron chi connectivity index (χ4n) is 3.84. The predicted octanol–water partition coefficient (Wildman–Crippen LogP) is 1.50. The first-order valence-corrected chi connectivity index (χ1v) is 11.6. The summed E-state index contributed by atoms with van der Waals surface area (Å²) in [5.41, 5.74) is 13.1. The van der Waals surface area contributed by atoms with Gasteiger partial charge in [0, 0.05) is 6.42 Å². The van der Waals surface area contributed by atoms with E-state index in [9.17, 15) is 19.2 Å². The number of ether oxygens (including phenoxy) is 2. The number of para-hydroxylation sites is 1. The second kappa shape index (κ2) is 12.4. The van der Waals surface area contributed by atoms with Gasteiger partial charge in [-0.1, -0.05) is 12.1 Å². The van der Waals surface area contributed by atoms with Gasteiger partial charge in [-0.15, -0.1) is 0 Å². The number of benzene rings is 2. The van der Waals surface area contributed by atoms with Crippen LogP contribution in [-0.2, 0) is 27.2 Å². The molecule has 3 rings (SSSR count). The van der Waals surface area contributed by atoms with Crippen molar-refractivity contribution in [3.8, 4) is 11.5 Å². The molecule has 1 amide bonds. The highest BCUT2D eigenvalue weighted by atomic mass is 16.6. The van der Waals surface area contributed by atoms with E-state index in [2.05, 4.69) is 10.3 Å². The number of fused-ring (bicyclic) bond motifs is 2. The molecule has 0 spiro atoms. The topological polar surface area (TPSA) is 204 Å². The maximum absolute atomic E-state index is 13.1. The number of nitrogens with zero attached hydrogens (tertiary/aromatic N) is 1. The number of carboxylic acids is 2. The first-order valence-electron chi connectivity index (χ1n) is 11.6. The standard InChI is InChI=1S/C25H28N4O8/c26-25(27)28-16-8-9-17-15(12-16)4-1-2-11-36-22-14(5-3-6-19(22)37-24(17)35)7-10-20(30)29-18(23(33)34)13-21(31)32/h3,5-6,8-9,12,18H,1-2,4,7,10-11,13H2,(H,29,30)(H,31,32)(H,33,34)(H4,26,27,28). The quantitative estimate of drug-likeness (QED) is 0.149. The monoisotopic (exact) mass is 512 g/mol. The van der Waals surface area contributed by atoms with Gasteiger partial charge in [-0.3, -0.25) is 9.59 Å². The van der Waals surface area contributed by atoms with Gasteiger partial charge in [-0.2, -0.15) is 0 Å². The van der Waals surface area contributed by atoms with E-state index in [1.807, 2.05) is 0 Å². The first-order chi connectivity index (χ1) is 17.6. The summed E-state index contributed by atoms with van der Waals surface area (Å²) < 4.78 is 11.6. The lowest BCUT2D eigenvalue weighted by Gasteiger charge is -2.16. The fourth-order valence-corrected chi connectivity index (χ4v) is 3.84. The molecule has 2 aromatic rings. The predicted molar refractivity (Wildman–Crippen MR) is 132 cm³/mol. The zero-order valence-corrected chi connectivity index (χ0v) is 19.9. The molecule has 196 valence electrons. The zero-order valence-electron chi connectivity index (χ0n) is 19.9. The van der Waals surface area contributed by atoms with Crippen molar-refractivity contribution < 1.29 is 38.9 Å². The molecule has 1 atom stereocenters. The van der Waals surface area contributed by atoms with E-state index in [-0.39, 0.29) is 24.6 Å². The lowest BCUT2D eigenvalue weighted by atomic mass is 10.0. The third-order valence-electron chi connectivity index (χ3n) is 5.55. The van der Waals surface area contributed by atoms with Crippen LogP contribution >= 0.6 is 0 Å². The van der Waals surface area contributed by atoms with Crippen LogP contribution in [0.5, 0.6) is 11.5 Å². The Hall–Kier alpha value is -4.61. The molecule has 1 unspecified atom stereocenters. The van der Waals surface area contributed by atoms with Crippen LogP contribution < -0.4 is 26.3 Å². The van der Waals surface area contributed by atoms with E-state index < -0.39 is 36.3 Å². The number of aliphatic carboxylic acids is 2. The van der Waals surface area contributed by atoms with Gasteiger partial charge in [0.2, 0.25) is 5.91 Å². The van der Waals surface area contributed by atoms with E-state index in [1.165, 1.54) is 0 Å². The second-order valence-electron chi connectivity index (χ2n) is 8.37. The number of carboxylic acid groups (broad SMARTS) is 2. The van der Waals surface area contributed by atoms with Crippen molar-refractivity contribution in [2.24, 2.45) is 16.5 Å². The Morgan fingerprint density at radius 1 is 1.11 bits per heavy atom. The van der Waals surface area contributed by atoms with Crippen molar-refractivity contribution in [1.82, 2.24) is 5.32 Å². The van der Waals surface area contributed by atoms with E-state index >= 15 is 0 Å². The van der Waals surface area contributed by atoms with Gasteiger partial charge in [0.05, 0.1) is 24.3 Å². The number of carbonyl (C=O) groups excluding carboxylic acids is 2. The molecule has 7 N–H and O–H groups in total. The van der Waals surface area contributed by atoms with Crippen molar-refractivity contribution >= 4 is 35.5 Å². The van der Waals surface area contributed by atoms with Gasteiger partial charge in [0.15, 0.2) is 17.5 Å². The summed E-state index contributed by atoms with van der Waals surface area (Å²) in [4.78, 5) is 51.5. The van der Waals surface area contributed by atoms with Crippen LogP contribution in [0.1, 0.15) is 47.2 Å². The Morgan fingerprint density at radius 2 is 1.89 bits per heavy atom. The first kappa shape index (κ1) is 27.0. The van der Waals surface area contributed by atoms with Crippen molar-refractivity contribution in [1.29, 1.82) is 0 Å². The molecule has 0 aliphatic carbocycles. The molecule has 1 aliphatic heterocycles. The Balaban J connectivity index is 1.80. The summed E-state index contributed by atoms with van der Waals surface area (Å²) in [7, 11) is 0. The van der Waals surface area contributed by atoms with Crippen molar-refractivity contribution in [3.63, 3.8) is 0 Å². The van der Waals surface area contributed by atoms with Gasteiger partial charge in [-0.25, -0.2) is 14.6 Å². The molecule has 0 aromatic heterocycles. The number of hydrogen-bond donors (Lipinski definition) is 5. The van der Waals surface area contributed by atoms with Crippen LogP contribution in [0.2, 0.25) is 0 Å². The highest BCUT2D eigenvalue weighted by Gasteiger charge is 2.24. The molecule has 1 heterocycles. The minimum Gasteiger partial charge on any atom is -0.489 e. The number of aliphatic imine (C=N–C) groups is 1. The average Bonchev–Trinajstić information content (AvgIpc) is 2.85. The summed E-state index contributed by atoms with van der Waals surface area (Å²) in [6.07, 6.45) is 1.23. The number of nitrogens with two attached hydrogens (primary N) is 2. The van der Waals surface area contributed by atoms with Gasteiger partial charge in [-0.05, 0) is 61.1 Å². The molecular weight excluding hydrogens is 484 g/mol. The van der Waals surface area contributed by atoms with Gasteiger partial charge in [0.1, 0.15) is 6.04 Å². The van der Waals surface area contributed by atoms with Crippen molar-refractivity contribution in [3.05, 3.63) is 53.1 Å². The van der Waals surface area contributed by atoms with E-state index in [1.54, 1.807) is 36.4 Å². The summed E-state index contributed by atoms with van der Waals surface area (Å²) in [5.74, 6) is -3.61. The molecule has 37 heavy (non-hydrogen) atoms.